The van der Waals surface area contributed by atoms with Gasteiger partial charge in [-0.1, -0.05) is 41.1 Å². The van der Waals surface area contributed by atoms with Gasteiger partial charge in [0.05, 0.1) is 30.2 Å². The third-order valence-corrected chi connectivity index (χ3v) is 6.95. The maximum Gasteiger partial charge on any atom is 0.290 e. The topological polar surface area (TPSA) is 78.1 Å². The zero-order valence-electron chi connectivity index (χ0n) is 18.7. The molecule has 0 aliphatic carbocycles. The van der Waals surface area contributed by atoms with Crippen molar-refractivity contribution in [2.45, 2.75) is 57.8 Å². The molecule has 0 spiro atoms. The summed E-state index contributed by atoms with van der Waals surface area (Å²) in [6.07, 6.45) is 1.90. The number of hydrogen-bond acceptors (Lipinski definition) is 6. The van der Waals surface area contributed by atoms with E-state index in [0.717, 1.165) is 30.7 Å². The average molecular weight is 491 g/mol. The van der Waals surface area contributed by atoms with Crippen molar-refractivity contribution in [1.82, 2.24) is 24.8 Å². The molecule has 2 aromatic heterocycles. The molecule has 0 amide bonds. The third kappa shape index (κ3) is 4.09. The van der Waals surface area contributed by atoms with Crippen LogP contribution >= 0.6 is 11.6 Å². The lowest BCUT2D eigenvalue weighted by Gasteiger charge is -2.35. The standard InChI is InChI=1S/C23H25ClF2N6O2/c1-14-21-17(31(29-28-21)13-15-6-2-3-7-16(15)22(25)26)9-10-30(14)18-12-27-32(23(33)20(18)24)19-8-4-5-11-34-19/h2-3,6-7,12,14,19,22H,4-5,8-11,13H2,1H3. The molecular formula is C23H25ClF2N6O2. The molecule has 0 saturated carbocycles. The van der Waals surface area contributed by atoms with E-state index < -0.39 is 12.7 Å². The highest BCUT2D eigenvalue weighted by atomic mass is 35.5. The Morgan fingerprint density at radius 3 is 2.85 bits per heavy atom. The van der Waals surface area contributed by atoms with Gasteiger partial charge < -0.3 is 9.64 Å². The van der Waals surface area contributed by atoms with Crippen LogP contribution in [0.3, 0.4) is 0 Å². The van der Waals surface area contributed by atoms with Crippen molar-refractivity contribution in [2.24, 2.45) is 0 Å². The summed E-state index contributed by atoms with van der Waals surface area (Å²) in [5.74, 6) is 0. The van der Waals surface area contributed by atoms with Gasteiger partial charge in [0.1, 0.15) is 10.7 Å². The minimum absolute atomic E-state index is 0.00222. The van der Waals surface area contributed by atoms with Crippen LogP contribution in [0, 0.1) is 0 Å². The van der Waals surface area contributed by atoms with Crippen LogP contribution in [-0.2, 0) is 17.7 Å². The number of ether oxygens (including phenoxy) is 1. The number of nitrogens with zero attached hydrogens (tertiary/aromatic N) is 6. The molecule has 8 nitrogen and oxygen atoms in total. The van der Waals surface area contributed by atoms with Crippen LogP contribution in [0.1, 0.15) is 67.4 Å². The van der Waals surface area contributed by atoms with Gasteiger partial charge in [-0.2, -0.15) is 9.78 Å². The van der Waals surface area contributed by atoms with Crippen LogP contribution in [0.5, 0.6) is 0 Å². The van der Waals surface area contributed by atoms with Crippen molar-refractivity contribution in [3.8, 4) is 0 Å². The van der Waals surface area contributed by atoms with Gasteiger partial charge in [0.15, 0.2) is 6.23 Å². The largest absolute Gasteiger partial charge is 0.360 e. The van der Waals surface area contributed by atoms with E-state index in [9.17, 15) is 13.6 Å². The molecule has 1 fully saturated rings. The lowest BCUT2D eigenvalue weighted by atomic mass is 10.0. The van der Waals surface area contributed by atoms with E-state index in [1.165, 1.54) is 10.7 Å². The van der Waals surface area contributed by atoms with Gasteiger partial charge in [0.2, 0.25) is 0 Å². The number of hydrogen-bond donors (Lipinski definition) is 0. The number of aromatic nitrogens is 5. The molecule has 0 radical (unpaired) electrons. The highest BCUT2D eigenvalue weighted by molar-refractivity contribution is 6.33. The molecule has 34 heavy (non-hydrogen) atoms. The van der Waals surface area contributed by atoms with E-state index >= 15 is 0 Å². The maximum absolute atomic E-state index is 13.4. The van der Waals surface area contributed by atoms with Gasteiger partial charge >= 0.3 is 0 Å². The first-order valence-electron chi connectivity index (χ1n) is 11.4. The number of anilines is 1. The van der Waals surface area contributed by atoms with Crippen molar-refractivity contribution in [3.63, 3.8) is 0 Å². The molecule has 3 aromatic rings. The van der Waals surface area contributed by atoms with Crippen LogP contribution in [0.2, 0.25) is 5.02 Å². The Balaban J connectivity index is 1.40. The van der Waals surface area contributed by atoms with E-state index in [-0.39, 0.29) is 28.7 Å². The van der Waals surface area contributed by atoms with Crippen LogP contribution in [0.15, 0.2) is 35.3 Å². The zero-order valence-corrected chi connectivity index (χ0v) is 19.5. The van der Waals surface area contributed by atoms with Crippen LogP contribution < -0.4 is 10.5 Å². The minimum atomic E-state index is -2.55. The van der Waals surface area contributed by atoms with Gasteiger partial charge in [-0.3, -0.25) is 4.79 Å². The first-order valence-corrected chi connectivity index (χ1v) is 11.8. The zero-order chi connectivity index (χ0) is 23.8. The van der Waals surface area contributed by atoms with Crippen molar-refractivity contribution >= 4 is 17.3 Å². The second-order valence-corrected chi connectivity index (χ2v) is 8.99. The fourth-order valence-electron chi connectivity index (χ4n) is 4.76. The maximum atomic E-state index is 13.4. The number of halogens is 3. The van der Waals surface area contributed by atoms with E-state index in [4.69, 9.17) is 16.3 Å². The van der Waals surface area contributed by atoms with Crippen LogP contribution in [0.4, 0.5) is 14.5 Å². The van der Waals surface area contributed by atoms with Crippen molar-refractivity contribution in [2.75, 3.05) is 18.1 Å². The Morgan fingerprint density at radius 1 is 1.26 bits per heavy atom. The highest BCUT2D eigenvalue weighted by Gasteiger charge is 2.32. The highest BCUT2D eigenvalue weighted by Crippen LogP contribution is 2.35. The van der Waals surface area contributed by atoms with Gasteiger partial charge in [0.25, 0.3) is 12.0 Å². The molecular weight excluding hydrogens is 466 g/mol. The smallest absolute Gasteiger partial charge is 0.290 e. The first kappa shape index (κ1) is 22.9. The van der Waals surface area contributed by atoms with E-state index in [1.54, 1.807) is 29.1 Å². The summed E-state index contributed by atoms with van der Waals surface area (Å²) in [5.41, 5.74) is 2.29. The number of benzene rings is 1. The lowest BCUT2D eigenvalue weighted by Crippen LogP contribution is -2.38. The molecule has 1 aromatic carbocycles. The summed E-state index contributed by atoms with van der Waals surface area (Å²) >= 11 is 6.52. The molecule has 5 rings (SSSR count). The second-order valence-electron chi connectivity index (χ2n) is 8.61. The Hall–Kier alpha value is -2.85. The third-order valence-electron chi connectivity index (χ3n) is 6.59. The molecule has 2 aliphatic heterocycles. The Bertz CT molecular complexity index is 1240. The normalized spacial score (nSPS) is 20.6. The fourth-order valence-corrected chi connectivity index (χ4v) is 5.01. The molecule has 0 N–H and O–H groups in total. The summed E-state index contributed by atoms with van der Waals surface area (Å²) in [7, 11) is 0. The quantitative estimate of drug-likeness (QED) is 0.530. The molecule has 180 valence electrons. The molecule has 1 saturated heterocycles. The SMILES string of the molecule is CC1c2nnn(Cc3ccccc3C(F)F)c2CCN1c1cnn(C2CCCCO2)c(=O)c1Cl. The summed E-state index contributed by atoms with van der Waals surface area (Å²) in [6.45, 7) is 3.33. The van der Waals surface area contributed by atoms with E-state index in [0.29, 0.717) is 30.8 Å². The Labute approximate surface area is 200 Å². The first-order chi connectivity index (χ1) is 16.5. The van der Waals surface area contributed by atoms with Gasteiger partial charge in [0, 0.05) is 25.1 Å². The van der Waals surface area contributed by atoms with Crippen LogP contribution in [0.25, 0.3) is 0 Å². The molecule has 0 bridgehead atoms. The average Bonchev–Trinajstić information content (AvgIpc) is 3.26. The Kier molecular flexibility index (Phi) is 6.35. The molecule has 2 atom stereocenters. The Morgan fingerprint density at radius 2 is 2.09 bits per heavy atom. The number of rotatable bonds is 5. The number of fused-ring (bicyclic) bond motifs is 1. The molecule has 2 aliphatic rings. The lowest BCUT2D eigenvalue weighted by molar-refractivity contribution is -0.0424. The molecule has 4 heterocycles. The van der Waals surface area contributed by atoms with Gasteiger partial charge in [-0.15, -0.1) is 5.10 Å². The summed E-state index contributed by atoms with van der Waals surface area (Å²) in [4.78, 5) is 14.9. The molecule has 2 unspecified atom stereocenters. The van der Waals surface area contributed by atoms with Crippen molar-refractivity contribution < 1.29 is 13.5 Å². The molecule has 11 heteroatoms. The van der Waals surface area contributed by atoms with Crippen molar-refractivity contribution in [1.29, 1.82) is 0 Å². The summed E-state index contributed by atoms with van der Waals surface area (Å²) < 4.78 is 35.5. The number of alkyl halides is 2. The van der Waals surface area contributed by atoms with E-state index in [2.05, 4.69) is 15.4 Å². The monoisotopic (exact) mass is 490 g/mol. The van der Waals surface area contributed by atoms with Gasteiger partial charge in [-0.25, -0.2) is 13.5 Å². The van der Waals surface area contributed by atoms with Crippen LogP contribution in [-0.4, -0.2) is 37.9 Å². The van der Waals surface area contributed by atoms with E-state index in [1.807, 2.05) is 11.8 Å². The van der Waals surface area contributed by atoms with Crippen molar-refractivity contribution in [3.05, 3.63) is 68.4 Å². The minimum Gasteiger partial charge on any atom is -0.360 e. The summed E-state index contributed by atoms with van der Waals surface area (Å²) in [5, 5.41) is 13.0. The van der Waals surface area contributed by atoms with Gasteiger partial charge in [-0.05, 0) is 31.7 Å². The second kappa shape index (κ2) is 9.42. The predicted molar refractivity (Wildman–Crippen MR) is 122 cm³/mol. The fraction of sp³-hybridized carbons (Fsp3) is 0.478. The predicted octanol–water partition coefficient (Wildman–Crippen LogP) is 4.30. The summed E-state index contributed by atoms with van der Waals surface area (Å²) in [6, 6.07) is 6.25.